The molecule has 2 aliphatic heterocycles. The molecule has 0 saturated carbocycles. The third-order valence-corrected chi connectivity index (χ3v) is 4.10. The molecule has 2 aliphatic rings. The Morgan fingerprint density at radius 1 is 1.20 bits per heavy atom. The van der Waals surface area contributed by atoms with E-state index in [-0.39, 0.29) is 12.5 Å². The second-order valence-corrected chi connectivity index (χ2v) is 6.04. The topological polar surface area (TPSA) is 103 Å². The van der Waals surface area contributed by atoms with E-state index in [2.05, 4.69) is 5.32 Å². The largest absolute Gasteiger partial charge is 0.457 e. The number of amides is 1. The summed E-state index contributed by atoms with van der Waals surface area (Å²) < 4.78 is 22.5. The average molecular weight is 351 g/mol. The van der Waals surface area contributed by atoms with Gasteiger partial charge in [-0.3, -0.25) is 9.59 Å². The first-order chi connectivity index (χ1) is 12.0. The molecule has 8 heteroatoms. The Labute approximate surface area is 145 Å². The predicted octanol–water partition coefficient (Wildman–Crippen LogP) is 0.254. The van der Waals surface area contributed by atoms with Crippen LogP contribution < -0.4 is 5.32 Å². The quantitative estimate of drug-likeness (QED) is 0.753. The fourth-order valence-electron chi connectivity index (χ4n) is 3.09. The van der Waals surface area contributed by atoms with Gasteiger partial charge < -0.3 is 29.4 Å². The van der Waals surface area contributed by atoms with Gasteiger partial charge >= 0.3 is 5.97 Å². The minimum atomic E-state index is -1.34. The number of esters is 1. The van der Waals surface area contributed by atoms with E-state index in [1.165, 1.54) is 13.8 Å². The van der Waals surface area contributed by atoms with Crippen LogP contribution in [0, 0.1) is 0 Å². The summed E-state index contributed by atoms with van der Waals surface area (Å²) in [6, 6.07) is 8.38. The highest BCUT2D eigenvalue weighted by Gasteiger charge is 2.51. The molecule has 0 unspecified atom stereocenters. The van der Waals surface area contributed by atoms with Crippen molar-refractivity contribution >= 4 is 11.9 Å². The molecular formula is C17H21NO7. The zero-order chi connectivity index (χ0) is 18.0. The number of aliphatic hydroxyl groups is 1. The van der Waals surface area contributed by atoms with Crippen LogP contribution in [0.25, 0.3) is 0 Å². The number of rotatable bonds is 3. The van der Waals surface area contributed by atoms with Gasteiger partial charge in [-0.05, 0) is 0 Å². The predicted molar refractivity (Wildman–Crippen MR) is 84.0 cm³/mol. The molecule has 1 aromatic rings. The van der Waals surface area contributed by atoms with Gasteiger partial charge in [-0.1, -0.05) is 30.3 Å². The van der Waals surface area contributed by atoms with E-state index in [1.807, 2.05) is 30.3 Å². The van der Waals surface area contributed by atoms with Crippen LogP contribution in [-0.2, 0) is 28.5 Å². The number of aliphatic hydroxyl groups excluding tert-OH is 1. The van der Waals surface area contributed by atoms with E-state index >= 15 is 0 Å². The Hall–Kier alpha value is -2.00. The molecular weight excluding hydrogens is 330 g/mol. The van der Waals surface area contributed by atoms with Gasteiger partial charge in [0.1, 0.15) is 18.2 Å². The van der Waals surface area contributed by atoms with Gasteiger partial charge in [0.15, 0.2) is 18.7 Å². The standard InChI is InChI=1S/C17H21NO7/c1-9(19)18-13-15(23-10(2)20)14-12(24-16(13)21)8-22-17(25-14)11-6-4-3-5-7-11/h3-7,12-17,21H,8H2,1-2H3,(H,18,19)/t12-,13-,14+,15-,16+,17+/m1/s1. The highest BCUT2D eigenvalue weighted by atomic mass is 16.7. The summed E-state index contributed by atoms with van der Waals surface area (Å²) in [4.78, 5) is 23.0. The fraction of sp³-hybridized carbons (Fsp3) is 0.529. The second kappa shape index (κ2) is 7.49. The number of ether oxygens (including phenoxy) is 4. The van der Waals surface area contributed by atoms with Crippen LogP contribution in [0.15, 0.2) is 30.3 Å². The normalized spacial score (nSPS) is 34.7. The van der Waals surface area contributed by atoms with Crippen LogP contribution in [0.3, 0.4) is 0 Å². The van der Waals surface area contributed by atoms with Crippen molar-refractivity contribution in [2.24, 2.45) is 0 Å². The van der Waals surface area contributed by atoms with Crippen LogP contribution in [-0.4, -0.2) is 54.2 Å². The molecule has 0 spiro atoms. The molecule has 0 bridgehead atoms. The minimum Gasteiger partial charge on any atom is -0.457 e. The monoisotopic (exact) mass is 351 g/mol. The molecule has 8 nitrogen and oxygen atoms in total. The van der Waals surface area contributed by atoms with Gasteiger partial charge in [0, 0.05) is 19.4 Å². The van der Waals surface area contributed by atoms with Crippen molar-refractivity contribution in [3.63, 3.8) is 0 Å². The highest BCUT2D eigenvalue weighted by molar-refractivity contribution is 5.73. The number of hydrogen-bond donors (Lipinski definition) is 2. The second-order valence-electron chi connectivity index (χ2n) is 6.04. The number of benzene rings is 1. The summed E-state index contributed by atoms with van der Waals surface area (Å²) in [6.45, 7) is 2.72. The van der Waals surface area contributed by atoms with Gasteiger partial charge in [-0.25, -0.2) is 0 Å². The van der Waals surface area contributed by atoms with E-state index in [0.717, 1.165) is 5.56 Å². The fourth-order valence-corrected chi connectivity index (χ4v) is 3.09. The lowest BCUT2D eigenvalue weighted by molar-refractivity contribution is -0.338. The maximum Gasteiger partial charge on any atom is 0.303 e. The summed E-state index contributed by atoms with van der Waals surface area (Å²) in [5.74, 6) is -0.922. The van der Waals surface area contributed by atoms with Gasteiger partial charge in [0.2, 0.25) is 5.91 Å². The molecule has 3 rings (SSSR count). The lowest BCUT2D eigenvalue weighted by atomic mass is 9.95. The molecule has 2 fully saturated rings. The van der Waals surface area contributed by atoms with Crippen molar-refractivity contribution in [2.45, 2.75) is 50.8 Å². The zero-order valence-electron chi connectivity index (χ0n) is 14.0. The van der Waals surface area contributed by atoms with Crippen molar-refractivity contribution in [3.05, 3.63) is 35.9 Å². The number of fused-ring (bicyclic) bond motifs is 1. The van der Waals surface area contributed by atoms with E-state index in [4.69, 9.17) is 18.9 Å². The molecule has 136 valence electrons. The van der Waals surface area contributed by atoms with E-state index < -0.39 is 42.9 Å². The Bertz CT molecular complexity index is 623. The van der Waals surface area contributed by atoms with Crippen molar-refractivity contribution in [1.29, 1.82) is 0 Å². The van der Waals surface area contributed by atoms with Crippen molar-refractivity contribution in [1.82, 2.24) is 5.32 Å². The molecule has 2 N–H and O–H groups in total. The average Bonchev–Trinajstić information content (AvgIpc) is 2.58. The SMILES string of the molecule is CC(=O)N[C@@H]1[C@@H](OC(C)=O)[C@H]2O[C@@H](c3ccccc3)OC[C@H]2O[C@@H]1O. The third kappa shape index (κ3) is 3.98. The first kappa shape index (κ1) is 17.8. The smallest absolute Gasteiger partial charge is 0.303 e. The van der Waals surface area contributed by atoms with E-state index in [0.29, 0.717) is 0 Å². The Morgan fingerprint density at radius 3 is 2.56 bits per heavy atom. The summed E-state index contributed by atoms with van der Waals surface area (Å²) in [5, 5.41) is 12.7. The minimum absolute atomic E-state index is 0.159. The van der Waals surface area contributed by atoms with E-state index in [1.54, 1.807) is 0 Å². The number of carbonyl (C=O) groups excluding carboxylic acids is 2. The van der Waals surface area contributed by atoms with Crippen LogP contribution in [0.1, 0.15) is 25.7 Å². The molecule has 0 radical (unpaired) electrons. The van der Waals surface area contributed by atoms with E-state index in [9.17, 15) is 14.7 Å². The first-order valence-electron chi connectivity index (χ1n) is 8.05. The number of carbonyl (C=O) groups is 2. The summed E-state index contributed by atoms with van der Waals surface area (Å²) in [5.41, 5.74) is 0.810. The Kier molecular flexibility index (Phi) is 5.33. The first-order valence-corrected chi connectivity index (χ1v) is 8.05. The summed E-state index contributed by atoms with van der Waals surface area (Å²) in [7, 11) is 0. The third-order valence-electron chi connectivity index (χ3n) is 4.10. The number of hydrogen-bond acceptors (Lipinski definition) is 7. The lowest BCUT2D eigenvalue weighted by Crippen LogP contribution is -2.67. The Balaban J connectivity index is 1.84. The summed E-state index contributed by atoms with van der Waals surface area (Å²) >= 11 is 0. The van der Waals surface area contributed by atoms with Crippen LogP contribution in [0.2, 0.25) is 0 Å². The van der Waals surface area contributed by atoms with Crippen molar-refractivity contribution in [3.8, 4) is 0 Å². The molecule has 2 saturated heterocycles. The maximum absolute atomic E-state index is 11.5. The molecule has 0 aromatic heterocycles. The van der Waals surface area contributed by atoms with Gasteiger partial charge in [-0.2, -0.15) is 0 Å². The summed E-state index contributed by atoms with van der Waals surface area (Å²) in [6.07, 6.45) is -4.20. The molecule has 2 heterocycles. The highest BCUT2D eigenvalue weighted by Crippen LogP contribution is 2.34. The number of nitrogens with one attached hydrogen (secondary N) is 1. The molecule has 1 amide bonds. The molecule has 6 atom stereocenters. The molecule has 25 heavy (non-hydrogen) atoms. The molecule has 1 aromatic carbocycles. The van der Waals surface area contributed by atoms with Crippen LogP contribution in [0.5, 0.6) is 0 Å². The van der Waals surface area contributed by atoms with Gasteiger partial charge in [0.25, 0.3) is 0 Å². The molecule has 0 aliphatic carbocycles. The van der Waals surface area contributed by atoms with Crippen molar-refractivity contribution < 1.29 is 33.6 Å². The van der Waals surface area contributed by atoms with Crippen molar-refractivity contribution in [2.75, 3.05) is 6.61 Å². The zero-order valence-corrected chi connectivity index (χ0v) is 14.0. The van der Waals surface area contributed by atoms with Crippen LogP contribution >= 0.6 is 0 Å². The van der Waals surface area contributed by atoms with Gasteiger partial charge in [-0.15, -0.1) is 0 Å². The maximum atomic E-state index is 11.5. The lowest BCUT2D eigenvalue weighted by Gasteiger charge is -2.47. The van der Waals surface area contributed by atoms with Gasteiger partial charge in [0.05, 0.1) is 6.61 Å². The Morgan fingerprint density at radius 2 is 1.92 bits per heavy atom. The van der Waals surface area contributed by atoms with Crippen LogP contribution in [0.4, 0.5) is 0 Å².